The molecule has 1 aromatic heterocycles. The van der Waals surface area contributed by atoms with E-state index in [1.54, 1.807) is 6.92 Å². The fraction of sp³-hybridized carbons (Fsp3) is 0.455. The molecular weight excluding hydrogens is 292 g/mol. The molecule has 0 bridgehead atoms. The Kier molecular flexibility index (Phi) is 5.28. The van der Waals surface area contributed by atoms with Gasteiger partial charge in [0.1, 0.15) is 10.0 Å². The third-order valence-corrected chi connectivity index (χ3v) is 4.98. The molecule has 8 heteroatoms. The van der Waals surface area contributed by atoms with Crippen LogP contribution in [-0.4, -0.2) is 41.9 Å². The van der Waals surface area contributed by atoms with Crippen LogP contribution < -0.4 is 0 Å². The van der Waals surface area contributed by atoms with Crippen molar-refractivity contribution in [1.82, 2.24) is 9.29 Å². The van der Waals surface area contributed by atoms with Crippen LogP contribution in [0.15, 0.2) is 23.2 Å². The van der Waals surface area contributed by atoms with E-state index in [9.17, 15) is 13.2 Å². The third kappa shape index (κ3) is 3.65. The van der Waals surface area contributed by atoms with Crippen molar-refractivity contribution < 1.29 is 18.3 Å². The summed E-state index contributed by atoms with van der Waals surface area (Å²) in [6.45, 7) is 3.13. The van der Waals surface area contributed by atoms with Crippen LogP contribution in [0.3, 0.4) is 0 Å². The minimum atomic E-state index is -3.83. The van der Waals surface area contributed by atoms with E-state index in [-0.39, 0.29) is 23.1 Å². The van der Waals surface area contributed by atoms with Crippen LogP contribution in [0.2, 0.25) is 5.15 Å². The van der Waals surface area contributed by atoms with Gasteiger partial charge < -0.3 is 5.11 Å². The first-order valence-corrected chi connectivity index (χ1v) is 7.46. The van der Waals surface area contributed by atoms with E-state index in [1.807, 2.05) is 0 Å². The van der Waals surface area contributed by atoms with E-state index in [1.165, 1.54) is 25.3 Å². The highest BCUT2D eigenvalue weighted by Gasteiger charge is 2.28. The van der Waals surface area contributed by atoms with E-state index in [4.69, 9.17) is 16.7 Å². The fourth-order valence-electron chi connectivity index (χ4n) is 1.48. The summed E-state index contributed by atoms with van der Waals surface area (Å²) in [6.07, 6.45) is 1.39. The minimum absolute atomic E-state index is 0.112. The summed E-state index contributed by atoms with van der Waals surface area (Å²) in [4.78, 5) is 14.4. The maximum absolute atomic E-state index is 12.4. The number of carbonyl (C=O) groups is 1. The second kappa shape index (κ2) is 6.31. The number of rotatable bonds is 6. The molecule has 1 N–H and O–H groups in total. The summed E-state index contributed by atoms with van der Waals surface area (Å²) in [5, 5.41) is 8.74. The van der Waals surface area contributed by atoms with Crippen molar-refractivity contribution in [2.45, 2.75) is 18.7 Å². The zero-order valence-corrected chi connectivity index (χ0v) is 12.1. The lowest BCUT2D eigenvalue weighted by molar-refractivity contribution is -0.141. The van der Waals surface area contributed by atoms with E-state index >= 15 is 0 Å². The summed E-state index contributed by atoms with van der Waals surface area (Å²) in [5.41, 5.74) is 0. The number of hydrogen-bond acceptors (Lipinski definition) is 4. The first-order chi connectivity index (χ1) is 8.80. The van der Waals surface area contributed by atoms with Crippen LogP contribution in [0.1, 0.15) is 13.8 Å². The van der Waals surface area contributed by atoms with Crippen LogP contribution in [0.25, 0.3) is 0 Å². The fourth-order valence-corrected chi connectivity index (χ4v) is 3.45. The van der Waals surface area contributed by atoms with Gasteiger partial charge >= 0.3 is 5.97 Å². The predicted molar refractivity (Wildman–Crippen MR) is 70.5 cm³/mol. The first-order valence-electron chi connectivity index (χ1n) is 5.64. The SMILES string of the molecule is CCN(CC(C)C(=O)O)S(=O)(=O)c1cccnc1Cl. The lowest BCUT2D eigenvalue weighted by Gasteiger charge is -2.22. The molecule has 6 nitrogen and oxygen atoms in total. The van der Waals surface area contributed by atoms with Gasteiger partial charge in [-0.2, -0.15) is 4.31 Å². The van der Waals surface area contributed by atoms with Gasteiger partial charge in [0.25, 0.3) is 0 Å². The highest BCUT2D eigenvalue weighted by molar-refractivity contribution is 7.89. The number of halogens is 1. The van der Waals surface area contributed by atoms with Gasteiger partial charge in [-0.3, -0.25) is 4.79 Å². The molecule has 1 rings (SSSR count). The molecular formula is C11H15ClN2O4S. The molecule has 0 saturated heterocycles. The second-order valence-electron chi connectivity index (χ2n) is 3.99. The van der Waals surface area contributed by atoms with Crippen LogP contribution in [0.5, 0.6) is 0 Å². The summed E-state index contributed by atoms with van der Waals surface area (Å²) >= 11 is 5.78. The molecule has 1 unspecified atom stereocenters. The number of carboxylic acid groups (broad SMARTS) is 1. The second-order valence-corrected chi connectivity index (χ2v) is 6.25. The smallest absolute Gasteiger partial charge is 0.307 e. The monoisotopic (exact) mass is 306 g/mol. The largest absolute Gasteiger partial charge is 0.481 e. The highest BCUT2D eigenvalue weighted by Crippen LogP contribution is 2.22. The van der Waals surface area contributed by atoms with Gasteiger partial charge in [-0.05, 0) is 12.1 Å². The Bertz CT molecular complexity index is 562. The molecule has 0 aliphatic heterocycles. The summed E-state index contributed by atoms with van der Waals surface area (Å²) in [6, 6.07) is 2.81. The van der Waals surface area contributed by atoms with E-state index in [0.717, 1.165) is 4.31 Å². The van der Waals surface area contributed by atoms with Gasteiger partial charge in [0.2, 0.25) is 10.0 Å². The average Bonchev–Trinajstić information content (AvgIpc) is 2.35. The number of nitrogens with zero attached hydrogens (tertiary/aromatic N) is 2. The lowest BCUT2D eigenvalue weighted by atomic mass is 10.2. The molecule has 106 valence electrons. The Hall–Kier alpha value is -1.18. The molecule has 1 aromatic rings. The van der Waals surface area contributed by atoms with Gasteiger partial charge in [0.15, 0.2) is 0 Å². The molecule has 1 atom stereocenters. The number of carboxylic acids is 1. The quantitative estimate of drug-likeness (QED) is 0.804. The van der Waals surface area contributed by atoms with Gasteiger partial charge in [-0.25, -0.2) is 13.4 Å². The van der Waals surface area contributed by atoms with Crippen molar-refractivity contribution in [3.8, 4) is 0 Å². The Labute approximate surface area is 117 Å². The zero-order valence-electron chi connectivity index (χ0n) is 10.6. The zero-order chi connectivity index (χ0) is 14.6. The normalized spacial score (nSPS) is 13.5. The predicted octanol–water partition coefficient (Wildman–Crippen LogP) is 1.47. The maximum atomic E-state index is 12.4. The van der Waals surface area contributed by atoms with Crippen LogP contribution in [-0.2, 0) is 14.8 Å². The van der Waals surface area contributed by atoms with Gasteiger partial charge in [-0.1, -0.05) is 25.4 Å². The number of aliphatic carboxylic acids is 1. The summed E-state index contributed by atoms with van der Waals surface area (Å²) in [7, 11) is -3.83. The topological polar surface area (TPSA) is 87.6 Å². The minimum Gasteiger partial charge on any atom is -0.481 e. The van der Waals surface area contributed by atoms with Crippen molar-refractivity contribution in [3.63, 3.8) is 0 Å². The van der Waals surface area contributed by atoms with E-state index < -0.39 is 21.9 Å². The van der Waals surface area contributed by atoms with Crippen molar-refractivity contribution in [2.75, 3.05) is 13.1 Å². The van der Waals surface area contributed by atoms with Crippen LogP contribution >= 0.6 is 11.6 Å². The molecule has 0 saturated carbocycles. The molecule has 19 heavy (non-hydrogen) atoms. The lowest BCUT2D eigenvalue weighted by Crippen LogP contribution is -2.36. The number of pyridine rings is 1. The average molecular weight is 307 g/mol. The molecule has 0 aromatic carbocycles. The van der Waals surface area contributed by atoms with Gasteiger partial charge in [0.05, 0.1) is 5.92 Å². The maximum Gasteiger partial charge on any atom is 0.307 e. The van der Waals surface area contributed by atoms with Crippen LogP contribution in [0, 0.1) is 5.92 Å². The molecule has 1 heterocycles. The molecule has 0 aliphatic carbocycles. The highest BCUT2D eigenvalue weighted by atomic mass is 35.5. The molecule has 0 fully saturated rings. The Morgan fingerprint density at radius 2 is 2.21 bits per heavy atom. The Morgan fingerprint density at radius 3 is 2.68 bits per heavy atom. The van der Waals surface area contributed by atoms with Crippen LogP contribution in [0.4, 0.5) is 0 Å². The molecule has 0 aliphatic rings. The Morgan fingerprint density at radius 1 is 1.58 bits per heavy atom. The Balaban J connectivity index is 3.10. The molecule has 0 spiro atoms. The van der Waals surface area contributed by atoms with Gasteiger partial charge in [0, 0.05) is 19.3 Å². The summed E-state index contributed by atoms with van der Waals surface area (Å²) in [5.74, 6) is -1.85. The van der Waals surface area contributed by atoms with Crippen molar-refractivity contribution in [1.29, 1.82) is 0 Å². The summed E-state index contributed by atoms with van der Waals surface area (Å²) < 4.78 is 25.8. The van der Waals surface area contributed by atoms with E-state index in [2.05, 4.69) is 4.98 Å². The number of aromatic nitrogens is 1. The first kappa shape index (κ1) is 15.9. The number of hydrogen-bond donors (Lipinski definition) is 1. The third-order valence-electron chi connectivity index (χ3n) is 2.59. The van der Waals surface area contributed by atoms with Crippen molar-refractivity contribution >= 4 is 27.6 Å². The van der Waals surface area contributed by atoms with Gasteiger partial charge in [-0.15, -0.1) is 0 Å². The molecule has 0 amide bonds. The van der Waals surface area contributed by atoms with Crippen molar-refractivity contribution in [3.05, 3.63) is 23.5 Å². The van der Waals surface area contributed by atoms with Crippen molar-refractivity contribution in [2.24, 2.45) is 5.92 Å². The van der Waals surface area contributed by atoms with E-state index in [0.29, 0.717) is 0 Å². The molecule has 0 radical (unpaired) electrons. The standard InChI is InChI=1S/C11H15ClN2O4S/c1-3-14(7-8(2)11(15)16)19(17,18)9-5-4-6-13-10(9)12/h4-6,8H,3,7H2,1-2H3,(H,15,16). The number of sulfonamides is 1.